The summed E-state index contributed by atoms with van der Waals surface area (Å²) in [5, 5.41) is 0. The molecule has 0 unspecified atom stereocenters. The van der Waals surface area contributed by atoms with Crippen LogP contribution in [0.25, 0.3) is 0 Å². The van der Waals surface area contributed by atoms with Crippen LogP contribution in [0.5, 0.6) is 0 Å². The lowest BCUT2D eigenvalue weighted by Crippen LogP contribution is -1.84. The van der Waals surface area contributed by atoms with Gasteiger partial charge in [-0.2, -0.15) is 4.39 Å². The number of carbonyl (C=O) groups excluding carboxylic acids is 1. The molecule has 0 aromatic carbocycles. The normalized spacial score (nSPS) is 11.0. The summed E-state index contributed by atoms with van der Waals surface area (Å²) in [5.41, 5.74) is 0. The van der Waals surface area contributed by atoms with Crippen LogP contribution in [0.4, 0.5) is 13.2 Å². The average molecular weight is 124 g/mol. The Morgan fingerprint density at radius 3 is 2.12 bits per heavy atom. The molecule has 0 bridgehead atoms. The Labute approximate surface area is 43.8 Å². The molecule has 0 saturated heterocycles. The molecule has 0 radical (unpaired) electrons. The van der Waals surface area contributed by atoms with E-state index in [4.69, 9.17) is 0 Å². The van der Waals surface area contributed by atoms with Crippen LogP contribution in [0.15, 0.2) is 12.2 Å². The Hall–Kier alpha value is -0.800. The quantitative estimate of drug-likeness (QED) is 0.400. The molecule has 0 spiro atoms. The van der Waals surface area contributed by atoms with Gasteiger partial charge >= 0.3 is 6.04 Å². The van der Waals surface area contributed by atoms with Gasteiger partial charge in [-0.1, -0.05) is 0 Å². The molecular formula is C4H3F3O. The Kier molecular flexibility index (Phi) is 2.91. The average Bonchev–Trinajstić information content (AvgIpc) is 1.61. The highest BCUT2D eigenvalue weighted by molar-refractivity contribution is 5.80. The maximum Gasteiger partial charge on any atom is 0.324 e. The van der Waals surface area contributed by atoms with E-state index in [0.717, 1.165) is 0 Å². The number of halogens is 3. The first-order chi connectivity index (χ1) is 3.63. The lowest BCUT2D eigenvalue weighted by atomic mass is 10.5. The standard InChI is InChI=1S/C4H3F3O/c5-3(6)1-2-4(7)8/h1-3H/b2-1+. The largest absolute Gasteiger partial charge is 0.324 e. The van der Waals surface area contributed by atoms with Crippen molar-refractivity contribution in [2.24, 2.45) is 0 Å². The fraction of sp³-hybridized carbons (Fsp3) is 0.250. The van der Waals surface area contributed by atoms with Crippen LogP contribution in [-0.4, -0.2) is 12.5 Å². The van der Waals surface area contributed by atoms with E-state index in [-0.39, 0.29) is 12.2 Å². The molecule has 0 saturated carbocycles. The summed E-state index contributed by atoms with van der Waals surface area (Å²) < 4.78 is 33.0. The van der Waals surface area contributed by atoms with Gasteiger partial charge in [-0.15, -0.1) is 0 Å². The van der Waals surface area contributed by atoms with Crippen molar-refractivity contribution >= 4 is 6.04 Å². The van der Waals surface area contributed by atoms with Crippen molar-refractivity contribution in [3.8, 4) is 0 Å². The second-order valence-electron chi connectivity index (χ2n) is 0.998. The van der Waals surface area contributed by atoms with Crippen molar-refractivity contribution in [1.82, 2.24) is 0 Å². The molecule has 0 aromatic rings. The first kappa shape index (κ1) is 7.20. The minimum Gasteiger partial charge on any atom is -0.256 e. The molecule has 1 nitrogen and oxygen atoms in total. The molecule has 0 N–H and O–H groups in total. The molecule has 0 aliphatic heterocycles. The molecule has 8 heavy (non-hydrogen) atoms. The van der Waals surface area contributed by atoms with E-state index < -0.39 is 12.5 Å². The highest BCUT2D eigenvalue weighted by Crippen LogP contribution is 1.92. The van der Waals surface area contributed by atoms with Gasteiger partial charge in [0.25, 0.3) is 6.43 Å². The van der Waals surface area contributed by atoms with Crippen LogP contribution >= 0.6 is 0 Å². The van der Waals surface area contributed by atoms with E-state index in [1.165, 1.54) is 0 Å². The fourth-order valence-electron chi connectivity index (χ4n) is 0.148. The van der Waals surface area contributed by atoms with Crippen LogP contribution in [-0.2, 0) is 4.79 Å². The van der Waals surface area contributed by atoms with Crippen LogP contribution < -0.4 is 0 Å². The van der Waals surface area contributed by atoms with Gasteiger partial charge in [-0.3, -0.25) is 4.79 Å². The van der Waals surface area contributed by atoms with Crippen LogP contribution in [0.2, 0.25) is 0 Å². The number of hydrogen-bond donors (Lipinski definition) is 0. The van der Waals surface area contributed by atoms with Gasteiger partial charge in [0.2, 0.25) is 0 Å². The Balaban J connectivity index is 3.50. The van der Waals surface area contributed by atoms with Gasteiger partial charge in [-0.25, -0.2) is 8.78 Å². The Bertz CT molecular complexity index is 108. The highest BCUT2D eigenvalue weighted by atomic mass is 19.3. The van der Waals surface area contributed by atoms with Crippen molar-refractivity contribution in [3.63, 3.8) is 0 Å². The second-order valence-corrected chi connectivity index (χ2v) is 0.998. The highest BCUT2D eigenvalue weighted by Gasteiger charge is 1.94. The molecule has 46 valence electrons. The van der Waals surface area contributed by atoms with Crippen molar-refractivity contribution in [2.75, 3.05) is 0 Å². The molecule has 4 heteroatoms. The Morgan fingerprint density at radius 2 is 2.00 bits per heavy atom. The molecule has 0 heterocycles. The first-order valence-electron chi connectivity index (χ1n) is 1.78. The summed E-state index contributed by atoms with van der Waals surface area (Å²) in [6, 6.07) is -1.86. The maximum absolute atomic E-state index is 11.0. The van der Waals surface area contributed by atoms with Gasteiger partial charge in [0.05, 0.1) is 0 Å². The van der Waals surface area contributed by atoms with Crippen molar-refractivity contribution in [3.05, 3.63) is 12.2 Å². The van der Waals surface area contributed by atoms with E-state index in [2.05, 4.69) is 0 Å². The number of carbonyl (C=O) groups is 1. The summed E-state index contributed by atoms with van der Waals surface area (Å²) in [6.07, 6.45) is -2.39. The monoisotopic (exact) mass is 124 g/mol. The predicted octanol–water partition coefficient (Wildman–Crippen LogP) is 1.30. The fourth-order valence-corrected chi connectivity index (χ4v) is 0.148. The third-order valence-electron chi connectivity index (χ3n) is 0.373. The second kappa shape index (κ2) is 3.23. The lowest BCUT2D eigenvalue weighted by molar-refractivity contribution is -0.124. The summed E-state index contributed by atoms with van der Waals surface area (Å²) in [7, 11) is 0. The Morgan fingerprint density at radius 1 is 1.50 bits per heavy atom. The predicted molar refractivity (Wildman–Crippen MR) is 21.3 cm³/mol. The molecule has 0 fully saturated rings. The summed E-state index contributed by atoms with van der Waals surface area (Å²) in [4.78, 5) is 9.26. The summed E-state index contributed by atoms with van der Waals surface area (Å²) in [6.45, 7) is 0. The minimum absolute atomic E-state index is 0.183. The molecule has 0 amide bonds. The molecule has 0 rings (SSSR count). The third kappa shape index (κ3) is 5.20. The van der Waals surface area contributed by atoms with E-state index in [0.29, 0.717) is 0 Å². The molecule has 0 aromatic heterocycles. The number of alkyl halides is 2. The number of hydrogen-bond acceptors (Lipinski definition) is 1. The van der Waals surface area contributed by atoms with E-state index in [1.807, 2.05) is 0 Å². The van der Waals surface area contributed by atoms with Crippen LogP contribution in [0.3, 0.4) is 0 Å². The summed E-state index contributed by atoms with van der Waals surface area (Å²) >= 11 is 0. The van der Waals surface area contributed by atoms with E-state index in [1.54, 1.807) is 0 Å². The van der Waals surface area contributed by atoms with Crippen LogP contribution in [0, 0.1) is 0 Å². The van der Waals surface area contributed by atoms with Crippen molar-refractivity contribution in [1.29, 1.82) is 0 Å². The minimum atomic E-state index is -2.75. The molecule has 0 atom stereocenters. The SMILES string of the molecule is O=C(F)/C=C/C(F)F. The maximum atomic E-state index is 11.0. The molecular weight excluding hydrogens is 121 g/mol. The number of rotatable bonds is 2. The first-order valence-corrected chi connectivity index (χ1v) is 1.78. The molecule has 0 aliphatic rings. The van der Waals surface area contributed by atoms with Crippen molar-refractivity contribution < 1.29 is 18.0 Å². The van der Waals surface area contributed by atoms with Gasteiger partial charge < -0.3 is 0 Å². The summed E-state index contributed by atoms with van der Waals surface area (Å²) in [5.74, 6) is 0. The van der Waals surface area contributed by atoms with Gasteiger partial charge in [0.15, 0.2) is 0 Å². The van der Waals surface area contributed by atoms with Gasteiger partial charge in [0, 0.05) is 6.08 Å². The lowest BCUT2D eigenvalue weighted by Gasteiger charge is -1.79. The zero-order valence-corrected chi connectivity index (χ0v) is 3.77. The third-order valence-corrected chi connectivity index (χ3v) is 0.373. The van der Waals surface area contributed by atoms with Crippen molar-refractivity contribution in [2.45, 2.75) is 6.43 Å². The van der Waals surface area contributed by atoms with Gasteiger partial charge in [0.1, 0.15) is 0 Å². The zero-order valence-electron chi connectivity index (χ0n) is 3.77. The zero-order chi connectivity index (χ0) is 6.57. The van der Waals surface area contributed by atoms with Crippen LogP contribution in [0.1, 0.15) is 0 Å². The van der Waals surface area contributed by atoms with E-state index >= 15 is 0 Å². The number of allylic oxidation sites excluding steroid dienone is 2. The molecule has 0 aliphatic carbocycles. The van der Waals surface area contributed by atoms with E-state index in [9.17, 15) is 18.0 Å². The smallest absolute Gasteiger partial charge is 0.256 e. The van der Waals surface area contributed by atoms with Gasteiger partial charge in [-0.05, 0) is 6.08 Å². The topological polar surface area (TPSA) is 17.1 Å².